The maximum absolute atomic E-state index is 11.3. The molecule has 1 aromatic rings. The summed E-state index contributed by atoms with van der Waals surface area (Å²) < 4.78 is 4.60. The van der Waals surface area contributed by atoms with Gasteiger partial charge in [0.05, 0.1) is 7.11 Å². The first kappa shape index (κ1) is 12.9. The number of carbonyl (C=O) groups is 1. The van der Waals surface area contributed by atoms with Crippen molar-refractivity contribution in [2.24, 2.45) is 5.73 Å². The van der Waals surface area contributed by atoms with Gasteiger partial charge in [-0.05, 0) is 19.4 Å². The van der Waals surface area contributed by atoms with Gasteiger partial charge in [-0.1, -0.05) is 11.8 Å². The molecule has 0 aliphatic rings. The predicted molar refractivity (Wildman–Crippen MR) is 62.1 cm³/mol. The zero-order valence-corrected chi connectivity index (χ0v) is 10.4. The molecular weight excluding hydrogens is 226 g/mol. The van der Waals surface area contributed by atoms with Gasteiger partial charge in [-0.2, -0.15) is 0 Å². The molecule has 0 aromatic carbocycles. The predicted octanol–water partition coefficient (Wildman–Crippen LogP) is 0.768. The summed E-state index contributed by atoms with van der Waals surface area (Å²) in [5, 5.41) is 0.603. The lowest BCUT2D eigenvalue weighted by Crippen LogP contribution is -2.48. The second-order valence-corrected chi connectivity index (χ2v) is 4.68. The van der Waals surface area contributed by atoms with Crippen LogP contribution in [0, 0.1) is 6.92 Å². The third-order valence-corrected chi connectivity index (χ3v) is 3.12. The fourth-order valence-electron chi connectivity index (χ4n) is 0.962. The van der Waals surface area contributed by atoms with E-state index in [4.69, 9.17) is 5.73 Å². The van der Waals surface area contributed by atoms with E-state index >= 15 is 0 Å². The van der Waals surface area contributed by atoms with Gasteiger partial charge in [-0.25, -0.2) is 9.97 Å². The molecule has 1 aromatic heterocycles. The molecule has 6 heteroatoms. The van der Waals surface area contributed by atoms with Crippen LogP contribution in [0.5, 0.6) is 0 Å². The average Bonchev–Trinajstić information content (AvgIpc) is 2.27. The number of esters is 1. The number of nitrogens with zero attached hydrogens (tertiary/aromatic N) is 2. The van der Waals surface area contributed by atoms with Crippen LogP contribution in [0.15, 0.2) is 17.6 Å². The topological polar surface area (TPSA) is 78.1 Å². The zero-order chi connectivity index (χ0) is 12.2. The minimum Gasteiger partial charge on any atom is -0.468 e. The lowest BCUT2D eigenvalue weighted by atomic mass is 10.1. The van der Waals surface area contributed by atoms with Gasteiger partial charge in [-0.15, -0.1) is 0 Å². The first-order chi connectivity index (χ1) is 7.45. The van der Waals surface area contributed by atoms with Crippen molar-refractivity contribution in [3.63, 3.8) is 0 Å². The first-order valence-corrected chi connectivity index (χ1v) is 5.73. The van der Waals surface area contributed by atoms with Crippen molar-refractivity contribution in [2.45, 2.75) is 24.5 Å². The Morgan fingerprint density at radius 3 is 2.62 bits per heavy atom. The van der Waals surface area contributed by atoms with Gasteiger partial charge in [0.15, 0.2) is 5.16 Å². The Balaban J connectivity index is 2.57. The molecule has 0 radical (unpaired) electrons. The summed E-state index contributed by atoms with van der Waals surface area (Å²) in [4.78, 5) is 19.5. The third-order valence-electron chi connectivity index (χ3n) is 1.91. The van der Waals surface area contributed by atoms with Crippen LogP contribution in [0.25, 0.3) is 0 Å². The molecule has 0 amide bonds. The van der Waals surface area contributed by atoms with Crippen LogP contribution in [0.1, 0.15) is 12.5 Å². The van der Waals surface area contributed by atoms with Crippen LogP contribution < -0.4 is 5.73 Å². The van der Waals surface area contributed by atoms with Gasteiger partial charge in [-0.3, -0.25) is 4.79 Å². The quantitative estimate of drug-likeness (QED) is 0.476. The van der Waals surface area contributed by atoms with Gasteiger partial charge >= 0.3 is 5.97 Å². The number of aryl methyl sites for hydroxylation is 1. The number of ether oxygens (including phenoxy) is 1. The van der Waals surface area contributed by atoms with Crippen LogP contribution in [-0.4, -0.2) is 34.3 Å². The van der Waals surface area contributed by atoms with Crippen molar-refractivity contribution in [3.8, 4) is 0 Å². The van der Waals surface area contributed by atoms with Crippen LogP contribution in [0.4, 0.5) is 0 Å². The van der Waals surface area contributed by atoms with Gasteiger partial charge in [0, 0.05) is 18.1 Å². The lowest BCUT2D eigenvalue weighted by Gasteiger charge is -2.19. The summed E-state index contributed by atoms with van der Waals surface area (Å²) in [6, 6.07) is 0. The fraction of sp³-hybridized carbons (Fsp3) is 0.500. The fourth-order valence-corrected chi connectivity index (χ4v) is 1.76. The molecule has 88 valence electrons. The summed E-state index contributed by atoms with van der Waals surface area (Å²) in [6.45, 7) is 3.54. The number of hydrogen-bond donors (Lipinski definition) is 1. The average molecular weight is 241 g/mol. The minimum atomic E-state index is -1.02. The minimum absolute atomic E-state index is 0.378. The van der Waals surface area contributed by atoms with Gasteiger partial charge in [0.25, 0.3) is 0 Å². The van der Waals surface area contributed by atoms with Crippen LogP contribution >= 0.6 is 11.8 Å². The molecule has 0 bridgehead atoms. The van der Waals surface area contributed by atoms with Gasteiger partial charge in [0.1, 0.15) is 5.54 Å². The van der Waals surface area contributed by atoms with Crippen LogP contribution in [0.2, 0.25) is 0 Å². The largest absolute Gasteiger partial charge is 0.468 e. The van der Waals surface area contributed by atoms with Crippen molar-refractivity contribution < 1.29 is 9.53 Å². The Kier molecular flexibility index (Phi) is 4.26. The highest BCUT2D eigenvalue weighted by molar-refractivity contribution is 7.99. The number of rotatable bonds is 4. The summed E-state index contributed by atoms with van der Waals surface area (Å²) in [7, 11) is 1.32. The van der Waals surface area contributed by atoms with Crippen molar-refractivity contribution in [1.29, 1.82) is 0 Å². The first-order valence-electron chi connectivity index (χ1n) is 4.74. The molecule has 1 rings (SSSR count). The van der Waals surface area contributed by atoms with Crippen LogP contribution in [0.3, 0.4) is 0 Å². The number of hydrogen-bond acceptors (Lipinski definition) is 6. The maximum Gasteiger partial charge on any atom is 0.326 e. The van der Waals surface area contributed by atoms with Gasteiger partial charge in [0.2, 0.25) is 0 Å². The van der Waals surface area contributed by atoms with Gasteiger partial charge < -0.3 is 10.5 Å². The SMILES string of the molecule is COC(=O)C(C)(N)CSc1ncc(C)cn1. The smallest absolute Gasteiger partial charge is 0.326 e. The molecule has 0 aliphatic carbocycles. The third kappa shape index (κ3) is 3.46. The van der Waals surface area contributed by atoms with Crippen LogP contribution in [-0.2, 0) is 9.53 Å². The molecule has 0 spiro atoms. The highest BCUT2D eigenvalue weighted by Gasteiger charge is 2.29. The maximum atomic E-state index is 11.3. The highest BCUT2D eigenvalue weighted by Crippen LogP contribution is 2.18. The molecular formula is C10H15N3O2S. The molecule has 2 N–H and O–H groups in total. The Bertz CT molecular complexity index is 365. The molecule has 0 fully saturated rings. The number of methoxy groups -OCH3 is 1. The lowest BCUT2D eigenvalue weighted by molar-refractivity contribution is -0.145. The number of nitrogens with two attached hydrogens (primary N) is 1. The highest BCUT2D eigenvalue weighted by atomic mass is 32.2. The Labute approximate surface area is 98.8 Å². The molecule has 1 atom stereocenters. The number of carbonyl (C=O) groups excluding carboxylic acids is 1. The molecule has 0 aliphatic heterocycles. The Morgan fingerprint density at radius 1 is 1.56 bits per heavy atom. The molecule has 0 saturated carbocycles. The summed E-state index contributed by atoms with van der Waals surface area (Å²) in [6.07, 6.45) is 3.45. The number of aromatic nitrogens is 2. The summed E-state index contributed by atoms with van der Waals surface area (Å²) >= 11 is 1.33. The van der Waals surface area contributed by atoms with Crippen molar-refractivity contribution in [1.82, 2.24) is 9.97 Å². The van der Waals surface area contributed by atoms with E-state index in [0.29, 0.717) is 10.9 Å². The van der Waals surface area contributed by atoms with E-state index in [1.54, 1.807) is 19.3 Å². The molecule has 1 heterocycles. The van der Waals surface area contributed by atoms with E-state index in [0.717, 1.165) is 5.56 Å². The molecule has 16 heavy (non-hydrogen) atoms. The van der Waals surface area contributed by atoms with Crippen molar-refractivity contribution >= 4 is 17.7 Å². The monoisotopic (exact) mass is 241 g/mol. The normalized spacial score (nSPS) is 14.2. The number of thioether (sulfide) groups is 1. The van der Waals surface area contributed by atoms with E-state index in [1.165, 1.54) is 18.9 Å². The molecule has 0 saturated heterocycles. The van der Waals surface area contributed by atoms with Crippen molar-refractivity contribution in [2.75, 3.05) is 12.9 Å². The van der Waals surface area contributed by atoms with E-state index in [9.17, 15) is 4.79 Å². The van der Waals surface area contributed by atoms with Crippen molar-refractivity contribution in [3.05, 3.63) is 18.0 Å². The molecule has 1 unspecified atom stereocenters. The Morgan fingerprint density at radius 2 is 2.12 bits per heavy atom. The zero-order valence-electron chi connectivity index (χ0n) is 9.56. The Hall–Kier alpha value is -1.14. The van der Waals surface area contributed by atoms with E-state index < -0.39 is 11.5 Å². The second kappa shape index (κ2) is 5.27. The summed E-state index contributed by atoms with van der Waals surface area (Å²) in [5.41, 5.74) is 5.77. The standard InChI is InChI=1S/C10H15N3O2S/c1-7-4-12-9(13-5-7)16-6-10(2,11)8(14)15-3/h4-5H,6,11H2,1-3H3. The van der Waals surface area contributed by atoms with E-state index in [2.05, 4.69) is 14.7 Å². The molecule has 5 nitrogen and oxygen atoms in total. The van der Waals surface area contributed by atoms with E-state index in [1.807, 2.05) is 6.92 Å². The second-order valence-electron chi connectivity index (χ2n) is 3.74. The van der Waals surface area contributed by atoms with E-state index in [-0.39, 0.29) is 0 Å². The summed E-state index contributed by atoms with van der Waals surface area (Å²) in [5.74, 6) is -0.0601.